The van der Waals surface area contributed by atoms with Gasteiger partial charge in [-0.15, -0.1) is 0 Å². The number of carbonyl (C=O) groups is 2. The van der Waals surface area contributed by atoms with E-state index < -0.39 is 11.7 Å². The quantitative estimate of drug-likeness (QED) is 0.204. The molecule has 0 bridgehead atoms. The van der Waals surface area contributed by atoms with E-state index in [1.54, 1.807) is 24.3 Å². The number of hydrogen-bond donors (Lipinski definition) is 2. The summed E-state index contributed by atoms with van der Waals surface area (Å²) in [6, 6.07) is 14.3. The summed E-state index contributed by atoms with van der Waals surface area (Å²) in [5.74, 6) is -0.845. The fraction of sp³-hybridized carbons (Fsp3) is 0.158. The largest absolute Gasteiger partial charge is 0.361 e. The van der Waals surface area contributed by atoms with Gasteiger partial charge in [-0.05, 0) is 65.4 Å². The standard InChI is InChI=1S/C19H18ClIN2O2/c1-2-11-22-19(25)16(12-23-14-9-7-13(21)8-10-14)18(24)15-5-3-4-6-17(15)20/h3-10,12,23H,2,11H2,1H3,(H,22,25)/b16-12-. The van der Waals surface area contributed by atoms with Gasteiger partial charge in [0.05, 0.1) is 5.02 Å². The Kier molecular flexibility index (Phi) is 7.46. The van der Waals surface area contributed by atoms with Gasteiger partial charge in [0.2, 0.25) is 5.78 Å². The molecule has 0 saturated carbocycles. The lowest BCUT2D eigenvalue weighted by Gasteiger charge is -2.10. The first-order valence-corrected chi connectivity index (χ1v) is 9.28. The number of anilines is 1. The molecule has 0 heterocycles. The molecule has 2 aromatic rings. The zero-order valence-corrected chi connectivity index (χ0v) is 16.6. The van der Waals surface area contributed by atoms with E-state index in [1.807, 2.05) is 31.2 Å². The summed E-state index contributed by atoms with van der Waals surface area (Å²) in [5, 5.41) is 6.06. The Balaban J connectivity index is 2.30. The predicted octanol–water partition coefficient (Wildman–Crippen LogP) is 4.65. The van der Waals surface area contributed by atoms with Crippen molar-refractivity contribution in [2.75, 3.05) is 11.9 Å². The van der Waals surface area contributed by atoms with E-state index in [0.29, 0.717) is 17.1 Å². The van der Waals surface area contributed by atoms with E-state index in [0.717, 1.165) is 15.7 Å². The van der Waals surface area contributed by atoms with Gasteiger partial charge >= 0.3 is 0 Å². The van der Waals surface area contributed by atoms with Crippen LogP contribution >= 0.6 is 34.2 Å². The van der Waals surface area contributed by atoms with Crippen LogP contribution in [0.4, 0.5) is 5.69 Å². The monoisotopic (exact) mass is 468 g/mol. The smallest absolute Gasteiger partial charge is 0.256 e. The fourth-order valence-corrected chi connectivity index (χ4v) is 2.64. The van der Waals surface area contributed by atoms with Gasteiger partial charge in [-0.25, -0.2) is 0 Å². The molecule has 0 aliphatic rings. The Labute approximate surface area is 165 Å². The number of amides is 1. The van der Waals surface area contributed by atoms with Gasteiger partial charge in [0, 0.05) is 27.6 Å². The minimum Gasteiger partial charge on any atom is -0.361 e. The fourth-order valence-electron chi connectivity index (χ4n) is 2.06. The maximum Gasteiger partial charge on any atom is 0.256 e. The first-order chi connectivity index (χ1) is 12.0. The van der Waals surface area contributed by atoms with Gasteiger partial charge in [-0.1, -0.05) is 30.7 Å². The van der Waals surface area contributed by atoms with Crippen LogP contribution < -0.4 is 10.6 Å². The van der Waals surface area contributed by atoms with Gasteiger partial charge in [0.25, 0.3) is 5.91 Å². The molecule has 4 nitrogen and oxygen atoms in total. The van der Waals surface area contributed by atoms with Crippen LogP contribution in [0.25, 0.3) is 0 Å². The molecule has 0 unspecified atom stereocenters. The van der Waals surface area contributed by atoms with Crippen molar-refractivity contribution >= 4 is 51.6 Å². The van der Waals surface area contributed by atoms with Crippen molar-refractivity contribution in [2.24, 2.45) is 0 Å². The lowest BCUT2D eigenvalue weighted by molar-refractivity contribution is -0.117. The lowest BCUT2D eigenvalue weighted by Crippen LogP contribution is -2.29. The third-order valence-electron chi connectivity index (χ3n) is 3.37. The maximum absolute atomic E-state index is 12.8. The normalized spacial score (nSPS) is 11.1. The summed E-state index contributed by atoms with van der Waals surface area (Å²) in [7, 11) is 0. The van der Waals surface area contributed by atoms with E-state index in [4.69, 9.17) is 11.6 Å². The molecule has 0 radical (unpaired) electrons. The highest BCUT2D eigenvalue weighted by Gasteiger charge is 2.21. The van der Waals surface area contributed by atoms with Crippen LogP contribution in [0.1, 0.15) is 23.7 Å². The van der Waals surface area contributed by atoms with Crippen molar-refractivity contribution in [3.8, 4) is 0 Å². The van der Waals surface area contributed by atoms with Gasteiger partial charge < -0.3 is 10.6 Å². The van der Waals surface area contributed by atoms with Gasteiger partial charge in [0.1, 0.15) is 5.57 Å². The van der Waals surface area contributed by atoms with Crippen molar-refractivity contribution in [3.05, 3.63) is 74.5 Å². The molecular formula is C19H18ClIN2O2. The number of ketones is 1. The second-order valence-electron chi connectivity index (χ2n) is 5.27. The zero-order chi connectivity index (χ0) is 18.2. The molecule has 0 aliphatic heterocycles. The molecule has 6 heteroatoms. The van der Waals surface area contributed by atoms with Crippen LogP contribution in [-0.2, 0) is 4.79 Å². The summed E-state index contributed by atoms with van der Waals surface area (Å²) < 4.78 is 1.10. The topological polar surface area (TPSA) is 58.2 Å². The van der Waals surface area contributed by atoms with Crippen LogP contribution in [0.3, 0.4) is 0 Å². The van der Waals surface area contributed by atoms with E-state index in [9.17, 15) is 9.59 Å². The molecule has 2 N–H and O–H groups in total. The number of halogens is 2. The minimum atomic E-state index is -0.426. The number of hydrogen-bond acceptors (Lipinski definition) is 3. The number of nitrogens with one attached hydrogen (secondary N) is 2. The molecule has 0 saturated heterocycles. The number of carbonyl (C=O) groups excluding carboxylic acids is 2. The van der Waals surface area contributed by atoms with Gasteiger partial charge in [-0.2, -0.15) is 0 Å². The molecule has 2 rings (SSSR count). The van der Waals surface area contributed by atoms with Gasteiger partial charge in [-0.3, -0.25) is 9.59 Å². The average Bonchev–Trinajstić information content (AvgIpc) is 2.61. The van der Waals surface area contributed by atoms with E-state index in [1.165, 1.54) is 6.20 Å². The Morgan fingerprint density at radius 2 is 1.80 bits per heavy atom. The second-order valence-corrected chi connectivity index (χ2v) is 6.93. The highest BCUT2D eigenvalue weighted by molar-refractivity contribution is 14.1. The van der Waals surface area contributed by atoms with Crippen molar-refractivity contribution in [3.63, 3.8) is 0 Å². The molecule has 0 fully saturated rings. The van der Waals surface area contributed by atoms with Crippen LogP contribution in [0.15, 0.2) is 60.3 Å². The van der Waals surface area contributed by atoms with Crippen LogP contribution in [0.5, 0.6) is 0 Å². The summed E-state index contributed by atoms with van der Waals surface area (Å²) in [5.41, 5.74) is 1.10. The van der Waals surface area contributed by atoms with E-state index in [-0.39, 0.29) is 5.57 Å². The lowest BCUT2D eigenvalue weighted by atomic mass is 10.0. The van der Waals surface area contributed by atoms with Gasteiger partial charge in [0.15, 0.2) is 0 Å². The van der Waals surface area contributed by atoms with Crippen molar-refractivity contribution < 1.29 is 9.59 Å². The van der Waals surface area contributed by atoms with Crippen molar-refractivity contribution in [1.82, 2.24) is 5.32 Å². The zero-order valence-electron chi connectivity index (χ0n) is 13.7. The Morgan fingerprint density at radius 3 is 2.44 bits per heavy atom. The number of Topliss-reactive ketones (excluding diaryl/α,β-unsaturated/α-hetero) is 1. The summed E-state index contributed by atoms with van der Waals surface area (Å²) >= 11 is 8.32. The Bertz CT molecular complexity index is 788. The minimum absolute atomic E-state index is 0.0140. The third-order valence-corrected chi connectivity index (χ3v) is 4.42. The molecule has 130 valence electrons. The molecular weight excluding hydrogens is 451 g/mol. The predicted molar refractivity (Wildman–Crippen MR) is 110 cm³/mol. The SMILES string of the molecule is CCCNC(=O)/C(=C\Nc1ccc(I)cc1)C(=O)c1ccccc1Cl. The Morgan fingerprint density at radius 1 is 1.12 bits per heavy atom. The molecule has 1 amide bonds. The third kappa shape index (κ3) is 5.57. The molecule has 0 spiro atoms. The number of benzene rings is 2. The first kappa shape index (κ1) is 19.5. The van der Waals surface area contributed by atoms with Crippen molar-refractivity contribution in [2.45, 2.75) is 13.3 Å². The maximum atomic E-state index is 12.8. The van der Waals surface area contributed by atoms with E-state index >= 15 is 0 Å². The summed E-state index contributed by atoms with van der Waals surface area (Å²) in [4.78, 5) is 25.2. The summed E-state index contributed by atoms with van der Waals surface area (Å²) in [6.07, 6.45) is 2.21. The second kappa shape index (κ2) is 9.58. The molecule has 2 aromatic carbocycles. The van der Waals surface area contributed by atoms with E-state index in [2.05, 4.69) is 33.2 Å². The van der Waals surface area contributed by atoms with Crippen LogP contribution in [0, 0.1) is 3.57 Å². The molecule has 0 atom stereocenters. The highest BCUT2D eigenvalue weighted by atomic mass is 127. The summed E-state index contributed by atoms with van der Waals surface area (Å²) in [6.45, 7) is 2.44. The van der Waals surface area contributed by atoms with Crippen molar-refractivity contribution in [1.29, 1.82) is 0 Å². The van der Waals surface area contributed by atoms with Crippen LogP contribution in [-0.4, -0.2) is 18.2 Å². The van der Waals surface area contributed by atoms with Crippen LogP contribution in [0.2, 0.25) is 5.02 Å². The molecule has 25 heavy (non-hydrogen) atoms. The molecule has 0 aromatic heterocycles. The highest BCUT2D eigenvalue weighted by Crippen LogP contribution is 2.19. The first-order valence-electron chi connectivity index (χ1n) is 7.82. The Hall–Kier alpha value is -1.86. The average molecular weight is 469 g/mol. The number of rotatable bonds is 7. The molecule has 0 aliphatic carbocycles.